The van der Waals surface area contributed by atoms with Crippen LogP contribution in [0.15, 0.2) is 24.3 Å². The molecule has 1 aromatic carbocycles. The van der Waals surface area contributed by atoms with Crippen LogP contribution in [0.2, 0.25) is 0 Å². The van der Waals surface area contributed by atoms with Gasteiger partial charge in [-0.2, -0.15) is 0 Å². The maximum Gasteiger partial charge on any atom is 0.237 e. The summed E-state index contributed by atoms with van der Waals surface area (Å²) in [7, 11) is 0. The van der Waals surface area contributed by atoms with Gasteiger partial charge in [-0.25, -0.2) is 0 Å². The predicted octanol–water partition coefficient (Wildman–Crippen LogP) is 2.27. The molecule has 0 heterocycles. The second-order valence-corrected chi connectivity index (χ2v) is 7.99. The Balaban J connectivity index is 2.20. The van der Waals surface area contributed by atoms with E-state index in [0.717, 1.165) is 50.7 Å². The Morgan fingerprint density at radius 3 is 2.23 bits per heavy atom. The summed E-state index contributed by atoms with van der Waals surface area (Å²) in [6.07, 6.45) is 10.7. The number of aromatic hydroxyl groups is 1. The molecule has 0 aliphatic carbocycles. The first-order chi connectivity index (χ1) is 15.2. The second-order valence-electron chi connectivity index (χ2n) is 7.99. The summed E-state index contributed by atoms with van der Waals surface area (Å²) < 4.78 is 0. The van der Waals surface area contributed by atoms with Crippen LogP contribution >= 0.6 is 0 Å². The van der Waals surface area contributed by atoms with E-state index >= 15 is 0 Å². The van der Waals surface area contributed by atoms with Gasteiger partial charge in [-0.1, -0.05) is 37.8 Å². The van der Waals surface area contributed by atoms with Gasteiger partial charge in [0.1, 0.15) is 12.0 Å². The lowest BCUT2D eigenvalue weighted by Crippen LogP contribution is -2.46. The molecule has 0 fully saturated rings. The Labute approximate surface area is 187 Å². The van der Waals surface area contributed by atoms with Crippen LogP contribution in [0.5, 0.6) is 5.75 Å². The lowest BCUT2D eigenvalue weighted by Gasteiger charge is -2.18. The Kier molecular flexibility index (Phi) is 16.4. The minimum Gasteiger partial charge on any atom is -0.508 e. The van der Waals surface area contributed by atoms with E-state index in [1.165, 1.54) is 25.7 Å². The molecule has 7 nitrogen and oxygen atoms in total. The molecule has 1 rings (SSSR count). The Bertz CT molecular complexity index is 581. The van der Waals surface area contributed by atoms with Gasteiger partial charge in [0.25, 0.3) is 0 Å². The van der Waals surface area contributed by atoms with Crippen LogP contribution in [0.1, 0.15) is 63.4 Å². The summed E-state index contributed by atoms with van der Waals surface area (Å²) in [6.45, 7) is 4.13. The van der Waals surface area contributed by atoms with Crippen molar-refractivity contribution in [1.29, 1.82) is 0 Å². The Hall–Kier alpha value is -1.96. The highest BCUT2D eigenvalue weighted by molar-refractivity contribution is 5.82. The lowest BCUT2D eigenvalue weighted by molar-refractivity contribution is -0.123. The van der Waals surface area contributed by atoms with Crippen LogP contribution in [0, 0.1) is 0 Å². The lowest BCUT2D eigenvalue weighted by atomic mass is 10.0. The van der Waals surface area contributed by atoms with E-state index in [-0.39, 0.29) is 17.7 Å². The van der Waals surface area contributed by atoms with Crippen LogP contribution < -0.4 is 21.7 Å². The van der Waals surface area contributed by atoms with E-state index in [9.17, 15) is 14.7 Å². The summed E-state index contributed by atoms with van der Waals surface area (Å²) in [6, 6.07) is 6.58. The van der Waals surface area contributed by atoms with Crippen LogP contribution in [0.3, 0.4) is 0 Å². The van der Waals surface area contributed by atoms with Crippen molar-refractivity contribution in [2.75, 3.05) is 32.7 Å². The van der Waals surface area contributed by atoms with Gasteiger partial charge in [0.15, 0.2) is 0 Å². The smallest absolute Gasteiger partial charge is 0.237 e. The first-order valence-electron chi connectivity index (χ1n) is 11.8. The minimum atomic E-state index is -0.344. The molecule has 0 saturated carbocycles. The number of phenolic OH excluding ortho intramolecular Hbond substituents is 1. The molecule has 176 valence electrons. The molecule has 0 aromatic heterocycles. The number of rotatable bonds is 20. The average Bonchev–Trinajstić information content (AvgIpc) is 2.77. The van der Waals surface area contributed by atoms with E-state index in [2.05, 4.69) is 16.0 Å². The number of nitrogens with two attached hydrogens (primary N) is 1. The molecule has 7 heteroatoms. The van der Waals surface area contributed by atoms with Gasteiger partial charge in [0, 0.05) is 13.0 Å². The van der Waals surface area contributed by atoms with Crippen molar-refractivity contribution in [2.45, 2.75) is 70.3 Å². The number of benzene rings is 1. The number of carbonyl (C=O) groups excluding carboxylic acids is 2. The molecule has 1 aromatic rings. The highest BCUT2D eigenvalue weighted by Gasteiger charge is 2.17. The monoisotopic (exact) mass is 434 g/mol. The highest BCUT2D eigenvalue weighted by Crippen LogP contribution is 2.11. The average molecular weight is 435 g/mol. The molecular formula is C24H42N4O3. The maximum absolute atomic E-state index is 12.7. The van der Waals surface area contributed by atoms with Gasteiger partial charge in [0.2, 0.25) is 5.91 Å². The minimum absolute atomic E-state index is 0.0114. The molecule has 0 spiro atoms. The molecule has 6 N–H and O–H groups in total. The Morgan fingerprint density at radius 1 is 0.903 bits per heavy atom. The standard InChI is InChI=1S/C24H42N4O3/c25-14-9-16-26-15-5-3-1-2-4-6-18-28-24(31)23(27-17-7-8-19-29)20-21-10-12-22(30)13-11-21/h10-13,19,23,26-27,30H,1-9,14-18,20,25H2,(H,28,31)/t23-/m1/s1. The summed E-state index contributed by atoms with van der Waals surface area (Å²) in [5, 5.41) is 19.2. The number of hydrogen-bond donors (Lipinski definition) is 5. The number of unbranched alkanes of at least 4 members (excludes halogenated alkanes) is 6. The molecule has 31 heavy (non-hydrogen) atoms. The van der Waals surface area contributed by atoms with Crippen LogP contribution in [-0.2, 0) is 16.0 Å². The Morgan fingerprint density at radius 2 is 1.55 bits per heavy atom. The molecule has 0 aliphatic rings. The van der Waals surface area contributed by atoms with Crippen molar-refractivity contribution < 1.29 is 14.7 Å². The fraction of sp³-hybridized carbons (Fsp3) is 0.667. The number of hydrogen-bond acceptors (Lipinski definition) is 6. The molecular weight excluding hydrogens is 392 g/mol. The topological polar surface area (TPSA) is 116 Å². The second kappa shape index (κ2) is 18.8. The normalized spacial score (nSPS) is 11.9. The fourth-order valence-electron chi connectivity index (χ4n) is 3.36. The fourth-order valence-corrected chi connectivity index (χ4v) is 3.36. The van der Waals surface area contributed by atoms with Gasteiger partial charge >= 0.3 is 0 Å². The van der Waals surface area contributed by atoms with E-state index in [1.54, 1.807) is 12.1 Å². The molecule has 0 bridgehead atoms. The van der Waals surface area contributed by atoms with Gasteiger partial charge < -0.3 is 31.6 Å². The quantitative estimate of drug-likeness (QED) is 0.159. The third-order valence-electron chi connectivity index (χ3n) is 5.22. The number of aldehydes is 1. The molecule has 0 unspecified atom stereocenters. The SMILES string of the molecule is NCCCNCCCCCCCCNC(=O)[C@@H](Cc1ccc(O)cc1)NCCCC=O. The summed E-state index contributed by atoms with van der Waals surface area (Å²) in [5.74, 6) is 0.203. The van der Waals surface area contributed by atoms with Crippen molar-refractivity contribution in [3.63, 3.8) is 0 Å². The third kappa shape index (κ3) is 14.6. The van der Waals surface area contributed by atoms with E-state index in [1.807, 2.05) is 12.1 Å². The summed E-state index contributed by atoms with van der Waals surface area (Å²) in [5.41, 5.74) is 6.45. The van der Waals surface area contributed by atoms with Crippen LogP contribution in [-0.4, -0.2) is 56.1 Å². The van der Waals surface area contributed by atoms with Gasteiger partial charge in [-0.3, -0.25) is 4.79 Å². The number of amides is 1. The van der Waals surface area contributed by atoms with Crippen molar-refractivity contribution in [3.8, 4) is 5.75 Å². The molecule has 0 radical (unpaired) electrons. The van der Waals surface area contributed by atoms with E-state index in [0.29, 0.717) is 32.4 Å². The van der Waals surface area contributed by atoms with E-state index in [4.69, 9.17) is 5.73 Å². The van der Waals surface area contributed by atoms with Crippen molar-refractivity contribution in [1.82, 2.24) is 16.0 Å². The van der Waals surface area contributed by atoms with Gasteiger partial charge in [0.05, 0.1) is 6.04 Å². The van der Waals surface area contributed by atoms with Crippen LogP contribution in [0.25, 0.3) is 0 Å². The van der Waals surface area contributed by atoms with E-state index < -0.39 is 0 Å². The number of phenols is 1. The zero-order valence-corrected chi connectivity index (χ0v) is 18.9. The van der Waals surface area contributed by atoms with Gasteiger partial charge in [-0.15, -0.1) is 0 Å². The van der Waals surface area contributed by atoms with Crippen molar-refractivity contribution >= 4 is 12.2 Å². The van der Waals surface area contributed by atoms with Crippen molar-refractivity contribution in [3.05, 3.63) is 29.8 Å². The molecule has 0 saturated heterocycles. The first kappa shape index (κ1) is 27.1. The first-order valence-corrected chi connectivity index (χ1v) is 11.8. The maximum atomic E-state index is 12.7. The zero-order valence-electron chi connectivity index (χ0n) is 18.9. The summed E-state index contributed by atoms with van der Waals surface area (Å²) in [4.78, 5) is 23.2. The van der Waals surface area contributed by atoms with Gasteiger partial charge in [-0.05, 0) is 76.0 Å². The predicted molar refractivity (Wildman–Crippen MR) is 126 cm³/mol. The summed E-state index contributed by atoms with van der Waals surface area (Å²) >= 11 is 0. The number of carbonyl (C=O) groups is 2. The number of nitrogens with one attached hydrogen (secondary N) is 3. The third-order valence-corrected chi connectivity index (χ3v) is 5.22. The largest absolute Gasteiger partial charge is 0.508 e. The zero-order chi connectivity index (χ0) is 22.6. The molecule has 1 amide bonds. The molecule has 1 atom stereocenters. The van der Waals surface area contributed by atoms with Crippen LogP contribution in [0.4, 0.5) is 0 Å². The highest BCUT2D eigenvalue weighted by atomic mass is 16.3. The molecule has 0 aliphatic heterocycles. The van der Waals surface area contributed by atoms with Crippen molar-refractivity contribution in [2.24, 2.45) is 5.73 Å².